The lowest BCUT2D eigenvalue weighted by Crippen LogP contribution is -2.38. The van der Waals surface area contributed by atoms with Crippen LogP contribution in [0.15, 0.2) is 24.3 Å². The second-order valence-electron chi connectivity index (χ2n) is 5.40. The number of aliphatic hydroxyl groups excluding tert-OH is 1. The molecule has 3 nitrogen and oxygen atoms in total. The molecule has 1 aromatic carbocycles. The third kappa shape index (κ3) is 4.12. The summed E-state index contributed by atoms with van der Waals surface area (Å²) in [5.74, 6) is -0.291. The Bertz CT molecular complexity index is 433. The van der Waals surface area contributed by atoms with Gasteiger partial charge in [0, 0.05) is 24.6 Å². The Balaban J connectivity index is 1.89. The van der Waals surface area contributed by atoms with Gasteiger partial charge in [-0.25, -0.2) is 4.39 Å². The first-order chi connectivity index (χ1) is 9.70. The molecule has 4 heteroatoms. The van der Waals surface area contributed by atoms with Crippen LogP contribution in [0.3, 0.4) is 0 Å². The number of nitrogens with zero attached hydrogens (tertiary/aromatic N) is 1. The van der Waals surface area contributed by atoms with E-state index in [0.29, 0.717) is 18.5 Å². The fraction of sp³-hybridized carbons (Fsp3) is 0.562. The molecule has 0 amide bonds. The Morgan fingerprint density at radius 3 is 2.70 bits per heavy atom. The molecule has 1 atom stereocenters. The normalized spacial score (nSPS) is 20.6. The largest absolute Gasteiger partial charge is 0.395 e. The maximum absolute atomic E-state index is 12.8. The summed E-state index contributed by atoms with van der Waals surface area (Å²) in [6, 6.07) is 5.87. The first-order valence-corrected chi connectivity index (χ1v) is 7.34. The summed E-state index contributed by atoms with van der Waals surface area (Å²) in [7, 11) is 0. The predicted molar refractivity (Wildman–Crippen MR) is 76.3 cm³/mol. The molecule has 1 aliphatic rings. The summed E-state index contributed by atoms with van der Waals surface area (Å²) in [4.78, 5) is 14.3. The highest BCUT2D eigenvalue weighted by Crippen LogP contribution is 2.17. The van der Waals surface area contributed by atoms with E-state index >= 15 is 0 Å². The minimum Gasteiger partial charge on any atom is -0.395 e. The van der Waals surface area contributed by atoms with Crippen molar-refractivity contribution < 1.29 is 14.3 Å². The van der Waals surface area contributed by atoms with Gasteiger partial charge in [-0.1, -0.05) is 12.8 Å². The van der Waals surface area contributed by atoms with Gasteiger partial charge in [0.1, 0.15) is 5.82 Å². The van der Waals surface area contributed by atoms with Crippen molar-refractivity contribution in [1.29, 1.82) is 0 Å². The summed E-state index contributed by atoms with van der Waals surface area (Å²) in [5.41, 5.74) is 0.557. The van der Waals surface area contributed by atoms with Gasteiger partial charge in [0.05, 0.1) is 6.61 Å². The Morgan fingerprint density at radius 2 is 2.00 bits per heavy atom. The van der Waals surface area contributed by atoms with Crippen molar-refractivity contribution in [2.45, 2.75) is 38.1 Å². The van der Waals surface area contributed by atoms with E-state index in [1.807, 2.05) is 0 Å². The second kappa shape index (κ2) is 7.50. The second-order valence-corrected chi connectivity index (χ2v) is 5.40. The Labute approximate surface area is 119 Å². The highest BCUT2D eigenvalue weighted by atomic mass is 19.1. The fourth-order valence-corrected chi connectivity index (χ4v) is 2.76. The lowest BCUT2D eigenvalue weighted by atomic mass is 10.1. The lowest BCUT2D eigenvalue weighted by molar-refractivity contribution is 0.0910. The van der Waals surface area contributed by atoms with Crippen LogP contribution >= 0.6 is 0 Å². The average molecular weight is 279 g/mol. The topological polar surface area (TPSA) is 40.5 Å². The van der Waals surface area contributed by atoms with Crippen LogP contribution in [-0.2, 0) is 0 Å². The van der Waals surface area contributed by atoms with Crippen LogP contribution in [0.2, 0.25) is 0 Å². The van der Waals surface area contributed by atoms with Gasteiger partial charge in [0.2, 0.25) is 0 Å². The number of hydrogen-bond donors (Lipinski definition) is 1. The van der Waals surface area contributed by atoms with Gasteiger partial charge in [0.25, 0.3) is 0 Å². The Hall–Kier alpha value is -1.26. The van der Waals surface area contributed by atoms with Crippen LogP contribution in [0.25, 0.3) is 0 Å². The smallest absolute Gasteiger partial charge is 0.164 e. The van der Waals surface area contributed by atoms with Gasteiger partial charge in [-0.05, 0) is 43.7 Å². The number of benzene rings is 1. The van der Waals surface area contributed by atoms with Crippen molar-refractivity contribution in [1.82, 2.24) is 4.90 Å². The van der Waals surface area contributed by atoms with E-state index in [1.54, 1.807) is 0 Å². The number of hydrogen-bond acceptors (Lipinski definition) is 3. The van der Waals surface area contributed by atoms with E-state index in [9.17, 15) is 14.3 Å². The maximum Gasteiger partial charge on any atom is 0.164 e. The van der Waals surface area contributed by atoms with Crippen LogP contribution in [0.5, 0.6) is 0 Å². The molecule has 110 valence electrons. The number of halogens is 1. The molecule has 0 aliphatic carbocycles. The first kappa shape index (κ1) is 15.1. The van der Waals surface area contributed by atoms with Crippen molar-refractivity contribution >= 4 is 5.78 Å². The third-order valence-corrected chi connectivity index (χ3v) is 4.00. The molecular weight excluding hydrogens is 257 g/mol. The van der Waals surface area contributed by atoms with Crippen molar-refractivity contribution in [3.63, 3.8) is 0 Å². The van der Waals surface area contributed by atoms with Gasteiger partial charge in [-0.3, -0.25) is 9.69 Å². The average Bonchev–Trinajstić information content (AvgIpc) is 2.70. The summed E-state index contributed by atoms with van der Waals surface area (Å²) >= 11 is 0. The van der Waals surface area contributed by atoms with E-state index in [2.05, 4.69) is 4.90 Å². The number of Topliss-reactive ketones (excluding diaryl/α,β-unsaturated/α-hetero) is 1. The molecule has 1 aliphatic heterocycles. The number of carbonyl (C=O) groups excluding carboxylic acids is 1. The molecule has 1 unspecified atom stereocenters. The van der Waals surface area contributed by atoms with Crippen LogP contribution in [0.1, 0.15) is 42.5 Å². The van der Waals surface area contributed by atoms with E-state index in [4.69, 9.17) is 0 Å². The maximum atomic E-state index is 12.8. The van der Waals surface area contributed by atoms with Crippen molar-refractivity contribution in [3.8, 4) is 0 Å². The van der Waals surface area contributed by atoms with Crippen molar-refractivity contribution in [2.24, 2.45) is 0 Å². The quantitative estimate of drug-likeness (QED) is 0.842. The van der Waals surface area contributed by atoms with E-state index < -0.39 is 0 Å². The number of ketones is 1. The zero-order valence-electron chi connectivity index (χ0n) is 11.7. The molecule has 1 heterocycles. The third-order valence-electron chi connectivity index (χ3n) is 4.00. The van der Waals surface area contributed by atoms with Crippen LogP contribution in [0.4, 0.5) is 4.39 Å². The molecular formula is C16H22FNO2. The van der Waals surface area contributed by atoms with Gasteiger partial charge < -0.3 is 5.11 Å². The number of aliphatic hydroxyl groups is 1. The standard InChI is InChI=1S/C16H22FNO2/c17-14-7-5-13(6-8-14)16(20)9-11-18-10-3-1-2-4-15(18)12-19/h5-8,15,19H,1-4,9-12H2. The first-order valence-electron chi connectivity index (χ1n) is 7.34. The SMILES string of the molecule is O=C(CCN1CCCCCC1CO)c1ccc(F)cc1. The molecule has 1 fully saturated rings. The van der Waals surface area contributed by atoms with E-state index in [-0.39, 0.29) is 24.2 Å². The molecule has 1 aromatic rings. The molecule has 2 rings (SSSR count). The highest BCUT2D eigenvalue weighted by molar-refractivity contribution is 5.96. The molecule has 1 saturated heterocycles. The summed E-state index contributed by atoms with van der Waals surface area (Å²) in [5, 5.41) is 9.43. The molecule has 0 saturated carbocycles. The summed E-state index contributed by atoms with van der Waals surface area (Å²) in [6.07, 6.45) is 4.89. The molecule has 0 aromatic heterocycles. The number of likely N-dealkylation sites (tertiary alicyclic amines) is 1. The number of carbonyl (C=O) groups is 1. The van der Waals surface area contributed by atoms with Gasteiger partial charge in [-0.2, -0.15) is 0 Å². The van der Waals surface area contributed by atoms with Gasteiger partial charge in [-0.15, -0.1) is 0 Å². The van der Waals surface area contributed by atoms with Crippen LogP contribution in [0, 0.1) is 5.82 Å². The summed E-state index contributed by atoms with van der Waals surface area (Å²) in [6.45, 7) is 1.77. The van der Waals surface area contributed by atoms with Crippen LogP contribution < -0.4 is 0 Å². The van der Waals surface area contributed by atoms with Gasteiger partial charge in [0.15, 0.2) is 5.78 Å². The lowest BCUT2D eigenvalue weighted by Gasteiger charge is -2.28. The molecule has 0 radical (unpaired) electrons. The van der Waals surface area contributed by atoms with Crippen molar-refractivity contribution in [2.75, 3.05) is 19.7 Å². The molecule has 0 spiro atoms. The Kier molecular flexibility index (Phi) is 5.68. The molecule has 0 bridgehead atoms. The van der Waals surface area contributed by atoms with E-state index in [0.717, 1.165) is 25.8 Å². The Morgan fingerprint density at radius 1 is 1.25 bits per heavy atom. The van der Waals surface area contributed by atoms with Gasteiger partial charge >= 0.3 is 0 Å². The fourth-order valence-electron chi connectivity index (χ4n) is 2.76. The summed E-state index contributed by atoms with van der Waals surface area (Å²) < 4.78 is 12.8. The number of rotatable bonds is 5. The zero-order chi connectivity index (χ0) is 14.4. The molecule has 20 heavy (non-hydrogen) atoms. The minimum absolute atomic E-state index is 0.0333. The van der Waals surface area contributed by atoms with Crippen LogP contribution in [-0.4, -0.2) is 41.5 Å². The van der Waals surface area contributed by atoms with Crippen molar-refractivity contribution in [3.05, 3.63) is 35.6 Å². The zero-order valence-corrected chi connectivity index (χ0v) is 11.7. The highest BCUT2D eigenvalue weighted by Gasteiger charge is 2.20. The monoisotopic (exact) mass is 279 g/mol. The molecule has 1 N–H and O–H groups in total. The minimum atomic E-state index is -0.325. The van der Waals surface area contributed by atoms with E-state index in [1.165, 1.54) is 30.7 Å². The predicted octanol–water partition coefficient (Wildman–Crippen LogP) is 2.64.